The normalized spacial score (nSPS) is 11.3. The lowest BCUT2D eigenvalue weighted by molar-refractivity contribution is 0.305. The van der Waals surface area contributed by atoms with E-state index >= 15 is 0 Å². The van der Waals surface area contributed by atoms with Crippen molar-refractivity contribution in [2.45, 2.75) is 11.3 Å². The molecule has 0 aliphatic rings. The fourth-order valence-electron chi connectivity index (χ4n) is 1.43. The van der Waals surface area contributed by atoms with Gasteiger partial charge in [0.15, 0.2) is 0 Å². The molecule has 0 fully saturated rings. The van der Waals surface area contributed by atoms with Gasteiger partial charge in [-0.2, -0.15) is 0 Å². The van der Waals surface area contributed by atoms with E-state index in [2.05, 4.69) is 16.7 Å². The lowest BCUT2D eigenvalue weighted by atomic mass is 10.2. The average molecular weight is 304 g/mol. The third-order valence-corrected chi connectivity index (χ3v) is 3.60. The molecule has 2 N–H and O–H groups in total. The molecular formula is C12H14F2N2O3S. The first-order valence-corrected chi connectivity index (χ1v) is 7.05. The highest BCUT2D eigenvalue weighted by molar-refractivity contribution is 7.89. The summed E-state index contributed by atoms with van der Waals surface area (Å²) in [5.74, 6) is 2.62. The van der Waals surface area contributed by atoms with Crippen LogP contribution in [0.5, 0.6) is 0 Å². The van der Waals surface area contributed by atoms with Crippen LogP contribution in [0.1, 0.15) is 12.0 Å². The van der Waals surface area contributed by atoms with Gasteiger partial charge in [0.05, 0.1) is 12.2 Å². The molecule has 0 aromatic heterocycles. The standard InChI is InChI=1S/C12H14F2N2O3S/c1-16(2)15-20(18,19)12-9(5-3-4-6-17)7-10(13)8-11(12)14/h7-8,15,17H,4,6H2,1-2H3. The van der Waals surface area contributed by atoms with Crippen molar-refractivity contribution in [3.8, 4) is 11.8 Å². The van der Waals surface area contributed by atoms with Gasteiger partial charge in [-0.3, -0.25) is 0 Å². The summed E-state index contributed by atoms with van der Waals surface area (Å²) in [4.78, 5) is 1.33. The zero-order valence-electron chi connectivity index (χ0n) is 10.9. The van der Waals surface area contributed by atoms with Crippen molar-refractivity contribution in [1.29, 1.82) is 0 Å². The van der Waals surface area contributed by atoms with E-state index in [9.17, 15) is 17.2 Å². The fourth-order valence-corrected chi connectivity index (χ4v) is 2.71. The Morgan fingerprint density at radius 3 is 2.55 bits per heavy atom. The summed E-state index contributed by atoms with van der Waals surface area (Å²) in [7, 11) is -1.38. The van der Waals surface area contributed by atoms with Gasteiger partial charge >= 0.3 is 0 Å². The minimum absolute atomic E-state index is 0.0682. The van der Waals surface area contributed by atoms with Gasteiger partial charge in [0.2, 0.25) is 0 Å². The van der Waals surface area contributed by atoms with Crippen molar-refractivity contribution in [3.63, 3.8) is 0 Å². The van der Waals surface area contributed by atoms with E-state index in [1.165, 1.54) is 14.1 Å². The summed E-state index contributed by atoms with van der Waals surface area (Å²) in [5.41, 5.74) is -0.301. The molecule has 8 heteroatoms. The first kappa shape index (κ1) is 16.5. The molecule has 0 atom stereocenters. The SMILES string of the molecule is CN(C)NS(=O)(=O)c1c(F)cc(F)cc1C#CCCO. The van der Waals surface area contributed by atoms with Crippen LogP contribution < -0.4 is 4.83 Å². The molecular weight excluding hydrogens is 290 g/mol. The van der Waals surface area contributed by atoms with E-state index in [4.69, 9.17) is 5.11 Å². The second-order valence-corrected chi connectivity index (χ2v) is 5.63. The molecule has 1 rings (SSSR count). The second kappa shape index (κ2) is 6.76. The first-order chi connectivity index (χ1) is 9.27. The van der Waals surface area contributed by atoms with Gasteiger partial charge in [0.1, 0.15) is 16.5 Å². The summed E-state index contributed by atoms with van der Waals surface area (Å²) in [6, 6.07) is 1.30. The Labute approximate surface area is 116 Å². The van der Waals surface area contributed by atoms with Crippen LogP contribution in [0, 0.1) is 23.5 Å². The van der Waals surface area contributed by atoms with Gasteiger partial charge in [0, 0.05) is 26.6 Å². The third-order valence-electron chi connectivity index (χ3n) is 2.04. The number of sulfonamides is 1. The smallest absolute Gasteiger partial charge is 0.257 e. The Morgan fingerprint density at radius 1 is 1.35 bits per heavy atom. The van der Waals surface area contributed by atoms with E-state index in [1.54, 1.807) is 0 Å². The molecule has 0 aliphatic heterocycles. The van der Waals surface area contributed by atoms with Crippen LogP contribution in [0.15, 0.2) is 17.0 Å². The average Bonchev–Trinajstić information content (AvgIpc) is 2.25. The number of hydrogen-bond acceptors (Lipinski definition) is 4. The number of rotatable bonds is 4. The van der Waals surface area contributed by atoms with Crippen LogP contribution in [0.2, 0.25) is 0 Å². The van der Waals surface area contributed by atoms with Gasteiger partial charge in [-0.25, -0.2) is 22.2 Å². The van der Waals surface area contributed by atoms with Crippen molar-refractivity contribution < 1.29 is 22.3 Å². The summed E-state index contributed by atoms with van der Waals surface area (Å²) in [6.07, 6.45) is 0.0682. The molecule has 0 saturated heterocycles. The molecule has 20 heavy (non-hydrogen) atoms. The molecule has 0 spiro atoms. The Hall–Kier alpha value is -1.53. The van der Waals surface area contributed by atoms with Crippen LogP contribution >= 0.6 is 0 Å². The maximum atomic E-state index is 13.8. The maximum absolute atomic E-state index is 13.8. The Kier molecular flexibility index (Phi) is 5.59. The molecule has 1 aromatic carbocycles. The number of benzene rings is 1. The number of aliphatic hydroxyl groups excluding tert-OH is 1. The Morgan fingerprint density at radius 2 is 2.00 bits per heavy atom. The van der Waals surface area contributed by atoms with Crippen LogP contribution in [0.3, 0.4) is 0 Å². The molecule has 0 radical (unpaired) electrons. The zero-order chi connectivity index (χ0) is 15.3. The molecule has 0 aliphatic carbocycles. The lowest BCUT2D eigenvalue weighted by Crippen LogP contribution is -2.37. The zero-order valence-corrected chi connectivity index (χ0v) is 11.8. The second-order valence-electron chi connectivity index (χ2n) is 4.03. The van der Waals surface area contributed by atoms with Crippen LogP contribution in [-0.4, -0.2) is 39.2 Å². The summed E-state index contributed by atoms with van der Waals surface area (Å²) < 4.78 is 50.9. The van der Waals surface area contributed by atoms with Crippen molar-refractivity contribution in [2.24, 2.45) is 0 Å². The van der Waals surface area contributed by atoms with E-state index in [-0.39, 0.29) is 18.6 Å². The predicted molar refractivity (Wildman–Crippen MR) is 68.9 cm³/mol. The molecule has 1 aromatic rings. The molecule has 0 bridgehead atoms. The highest BCUT2D eigenvalue weighted by Crippen LogP contribution is 2.20. The molecule has 110 valence electrons. The number of aliphatic hydroxyl groups is 1. The Balaban J connectivity index is 3.42. The number of hydrazine groups is 1. The van der Waals surface area contributed by atoms with E-state index < -0.39 is 26.6 Å². The summed E-state index contributed by atoms with van der Waals surface area (Å²) >= 11 is 0. The number of hydrogen-bond donors (Lipinski definition) is 2. The predicted octanol–water partition coefficient (Wildman–Crippen LogP) is 0.454. The van der Waals surface area contributed by atoms with Crippen LogP contribution in [0.25, 0.3) is 0 Å². The van der Waals surface area contributed by atoms with Crippen molar-refractivity contribution in [2.75, 3.05) is 20.7 Å². The highest BCUT2D eigenvalue weighted by atomic mass is 32.2. The van der Waals surface area contributed by atoms with Crippen LogP contribution in [-0.2, 0) is 10.0 Å². The fraction of sp³-hybridized carbons (Fsp3) is 0.333. The quantitative estimate of drug-likeness (QED) is 0.626. The minimum Gasteiger partial charge on any atom is -0.395 e. The summed E-state index contributed by atoms with van der Waals surface area (Å²) in [5, 5.41) is 9.73. The largest absolute Gasteiger partial charge is 0.395 e. The van der Waals surface area contributed by atoms with Crippen molar-refractivity contribution in [1.82, 2.24) is 9.84 Å². The lowest BCUT2D eigenvalue weighted by Gasteiger charge is -2.14. The number of nitrogens with zero attached hydrogens (tertiary/aromatic N) is 1. The minimum atomic E-state index is -4.21. The third kappa shape index (κ3) is 4.25. The summed E-state index contributed by atoms with van der Waals surface area (Å²) in [6.45, 7) is -0.233. The van der Waals surface area contributed by atoms with E-state index in [0.717, 1.165) is 11.1 Å². The first-order valence-electron chi connectivity index (χ1n) is 5.56. The highest BCUT2D eigenvalue weighted by Gasteiger charge is 2.24. The van der Waals surface area contributed by atoms with Gasteiger partial charge in [-0.15, -0.1) is 4.83 Å². The van der Waals surface area contributed by atoms with Crippen LogP contribution in [0.4, 0.5) is 8.78 Å². The molecule has 0 amide bonds. The molecule has 5 nitrogen and oxygen atoms in total. The topological polar surface area (TPSA) is 69.6 Å². The number of halogens is 2. The van der Waals surface area contributed by atoms with Gasteiger partial charge < -0.3 is 5.11 Å². The molecule has 0 unspecified atom stereocenters. The van der Waals surface area contributed by atoms with Gasteiger partial charge in [-0.1, -0.05) is 11.8 Å². The van der Waals surface area contributed by atoms with E-state index in [0.29, 0.717) is 6.07 Å². The van der Waals surface area contributed by atoms with E-state index in [1.807, 2.05) is 0 Å². The molecule has 0 heterocycles. The van der Waals surface area contributed by atoms with Gasteiger partial charge in [-0.05, 0) is 6.07 Å². The maximum Gasteiger partial charge on any atom is 0.257 e. The van der Waals surface area contributed by atoms with Gasteiger partial charge in [0.25, 0.3) is 10.0 Å². The van der Waals surface area contributed by atoms with Crippen molar-refractivity contribution in [3.05, 3.63) is 29.3 Å². The number of nitrogens with one attached hydrogen (secondary N) is 1. The molecule has 0 saturated carbocycles. The monoisotopic (exact) mass is 304 g/mol. The Bertz CT molecular complexity index is 649. The van der Waals surface area contributed by atoms with Crippen molar-refractivity contribution >= 4 is 10.0 Å².